The molecule has 1 unspecified atom stereocenters. The number of phenolic OH excluding ortho intramolecular Hbond substituents is 1. The van der Waals surface area contributed by atoms with E-state index in [4.69, 9.17) is 4.98 Å². The van der Waals surface area contributed by atoms with Crippen molar-refractivity contribution in [2.45, 2.75) is 23.6 Å². The Kier molecular flexibility index (Phi) is 8.42. The molecule has 3 heterocycles. The summed E-state index contributed by atoms with van der Waals surface area (Å²) < 4.78 is 2.12. The van der Waals surface area contributed by atoms with E-state index in [1.807, 2.05) is 84.7 Å². The molecule has 1 fully saturated rings. The quantitative estimate of drug-likeness (QED) is 0.312. The van der Waals surface area contributed by atoms with Gasteiger partial charge in [-0.05, 0) is 61.4 Å². The Morgan fingerprint density at radius 2 is 1.86 bits per heavy atom. The number of nitrogens with zero attached hydrogens (tertiary/aromatic N) is 4. The zero-order valence-corrected chi connectivity index (χ0v) is 23.5. The fourth-order valence-corrected chi connectivity index (χ4v) is 4.63. The van der Waals surface area contributed by atoms with Crippen LogP contribution in [0.1, 0.15) is 24.6 Å². The second kappa shape index (κ2) is 11.7. The topological polar surface area (TPSA) is 73.1 Å². The van der Waals surface area contributed by atoms with Gasteiger partial charge in [-0.3, -0.25) is 0 Å². The number of hydrogen-bond donors (Lipinski definition) is 2. The van der Waals surface area contributed by atoms with Gasteiger partial charge in [0.05, 0.1) is 11.2 Å². The van der Waals surface area contributed by atoms with Crippen molar-refractivity contribution in [3.63, 3.8) is 0 Å². The van der Waals surface area contributed by atoms with E-state index in [1.54, 1.807) is 35.2 Å². The molecule has 0 spiro atoms. The molecule has 7 nitrogen and oxygen atoms in total. The Balaban J connectivity index is 0.00000148. The van der Waals surface area contributed by atoms with Crippen LogP contribution in [0, 0.1) is 0 Å². The minimum absolute atomic E-state index is 0.0867. The van der Waals surface area contributed by atoms with Gasteiger partial charge in [-0.1, -0.05) is 18.2 Å². The minimum atomic E-state index is -0.0867. The van der Waals surface area contributed by atoms with Gasteiger partial charge < -0.3 is 24.6 Å². The van der Waals surface area contributed by atoms with E-state index in [0.717, 1.165) is 53.4 Å². The molecule has 36 heavy (non-hydrogen) atoms. The molecular weight excluding hydrogens is 560 g/mol. The number of phenols is 1. The maximum absolute atomic E-state index is 13.0. The molecule has 1 atom stereocenters. The predicted octanol–water partition coefficient (Wildman–Crippen LogP) is 5.39. The first kappa shape index (κ1) is 25.9. The van der Waals surface area contributed by atoms with Crippen LogP contribution in [-0.2, 0) is 0 Å². The standard InChI is InChI=1S/C27H29N5O2.CH3.Sb/c1-30(2)22-13-11-21(12-14-22)28-27(34)31-15-6-8-20(18-31)26-29-25(19-7-5-9-23(33)17-19)24-10-3-4-16-32(24)26;;/h3-5,7,9-14,16-17,20,33H,6,8,15,18H2,1-2H3,(H,28,34);1H3;. The van der Waals surface area contributed by atoms with Gasteiger partial charge in [-0.25, -0.2) is 9.78 Å². The van der Waals surface area contributed by atoms with Crippen molar-refractivity contribution in [1.29, 1.82) is 0 Å². The van der Waals surface area contributed by atoms with E-state index < -0.39 is 0 Å². The number of hydrogen-bond acceptors (Lipinski definition) is 4. The molecule has 0 aliphatic carbocycles. The summed E-state index contributed by atoms with van der Waals surface area (Å²) >= 11 is 1.75. The number of carbonyl (C=O) groups excluding carboxylic acids is 1. The average molecular weight is 592 g/mol. The van der Waals surface area contributed by atoms with E-state index in [9.17, 15) is 9.90 Å². The van der Waals surface area contributed by atoms with Crippen LogP contribution in [0.2, 0.25) is 4.87 Å². The average Bonchev–Trinajstić information content (AvgIpc) is 3.30. The number of anilines is 2. The number of piperidine rings is 1. The second-order valence-electron chi connectivity index (χ2n) is 8.98. The van der Waals surface area contributed by atoms with Crippen LogP contribution in [0.3, 0.4) is 0 Å². The third kappa shape index (κ3) is 5.62. The van der Waals surface area contributed by atoms with E-state index >= 15 is 0 Å². The molecule has 2 aromatic carbocycles. The van der Waals surface area contributed by atoms with Gasteiger partial charge in [0, 0.05) is 56.2 Å². The monoisotopic (exact) mass is 591 g/mol. The van der Waals surface area contributed by atoms with Crippen LogP contribution in [0.15, 0.2) is 72.9 Å². The van der Waals surface area contributed by atoms with Gasteiger partial charge in [-0.15, -0.1) is 0 Å². The molecule has 0 bridgehead atoms. The van der Waals surface area contributed by atoms with Crippen LogP contribution < -0.4 is 10.2 Å². The molecule has 5 rings (SSSR count). The van der Waals surface area contributed by atoms with E-state index in [-0.39, 0.29) is 17.7 Å². The summed E-state index contributed by atoms with van der Waals surface area (Å²) in [6, 6.07) is 21.0. The third-order valence-corrected chi connectivity index (χ3v) is 6.40. The van der Waals surface area contributed by atoms with Crippen LogP contribution in [0.5, 0.6) is 5.75 Å². The Labute approximate surface area is 226 Å². The summed E-state index contributed by atoms with van der Waals surface area (Å²) in [5.74, 6) is 1.29. The first-order valence-corrected chi connectivity index (χ1v) is 14.6. The number of fused-ring (bicyclic) bond motifs is 1. The zero-order valence-electron chi connectivity index (χ0n) is 20.9. The van der Waals surface area contributed by atoms with E-state index in [0.29, 0.717) is 6.54 Å². The van der Waals surface area contributed by atoms with Crippen LogP contribution >= 0.6 is 0 Å². The van der Waals surface area contributed by atoms with Crippen molar-refractivity contribution < 1.29 is 9.90 Å². The maximum atomic E-state index is 13.0. The van der Waals surface area contributed by atoms with Gasteiger partial charge in [0.25, 0.3) is 0 Å². The number of pyridine rings is 1. The van der Waals surface area contributed by atoms with Crippen molar-refractivity contribution in [3.8, 4) is 17.0 Å². The molecule has 2 N–H and O–H groups in total. The number of urea groups is 1. The number of carbonyl (C=O) groups is 1. The summed E-state index contributed by atoms with van der Waals surface area (Å²) in [5, 5.41) is 13.0. The van der Waals surface area contributed by atoms with E-state index in [1.165, 1.54) is 0 Å². The Morgan fingerprint density at radius 3 is 2.58 bits per heavy atom. The van der Waals surface area contributed by atoms with Gasteiger partial charge in [0.2, 0.25) is 0 Å². The first-order chi connectivity index (χ1) is 17.5. The summed E-state index contributed by atoms with van der Waals surface area (Å²) in [6.07, 6.45) is 3.91. The van der Waals surface area contributed by atoms with Gasteiger partial charge in [-0.2, -0.15) is 0 Å². The number of rotatable bonds is 4. The molecule has 1 aliphatic rings. The van der Waals surface area contributed by atoms with Gasteiger partial charge >= 0.3 is 33.9 Å². The predicted molar refractivity (Wildman–Crippen MR) is 147 cm³/mol. The molecular formula is C28H32N5O2Sb. The number of benzene rings is 2. The van der Waals surface area contributed by atoms with Crippen molar-refractivity contribution in [2.24, 2.45) is 0 Å². The van der Waals surface area contributed by atoms with Gasteiger partial charge in [0.15, 0.2) is 0 Å². The van der Waals surface area contributed by atoms with Gasteiger partial charge in [0.1, 0.15) is 11.6 Å². The van der Waals surface area contributed by atoms with Crippen molar-refractivity contribution >= 4 is 45.9 Å². The molecule has 2 aromatic heterocycles. The molecule has 4 aromatic rings. The third-order valence-electron chi connectivity index (χ3n) is 6.40. The number of aromatic hydroxyl groups is 1. The zero-order chi connectivity index (χ0) is 25.7. The normalized spacial score (nSPS) is 15.2. The van der Waals surface area contributed by atoms with Crippen molar-refractivity contribution in [3.05, 3.63) is 78.8 Å². The molecule has 1 aliphatic heterocycles. The number of aromatic nitrogens is 2. The number of nitrogens with one attached hydrogen (secondary N) is 1. The number of imidazole rings is 1. The van der Waals surface area contributed by atoms with Crippen molar-refractivity contribution in [2.75, 3.05) is 37.4 Å². The molecule has 1 saturated heterocycles. The summed E-state index contributed by atoms with van der Waals surface area (Å²) in [6.45, 7) is 1.33. The SMILES string of the molecule is CN(C)c1ccc(NC(=O)N2CCCC(c3nc(-c4cccc(O)c4)c4ccccn34)C2)cc1.[CH3][Sb]. The Bertz CT molecular complexity index is 1320. The van der Waals surface area contributed by atoms with Crippen LogP contribution in [0.25, 0.3) is 16.8 Å². The summed E-state index contributed by atoms with van der Waals surface area (Å²) in [7, 11) is 3.99. The number of likely N-dealkylation sites (tertiary alicyclic amines) is 1. The fraction of sp³-hybridized carbons (Fsp3) is 0.286. The molecule has 2 radical (unpaired) electrons. The fourth-order valence-electron chi connectivity index (χ4n) is 4.63. The first-order valence-electron chi connectivity index (χ1n) is 12.0. The van der Waals surface area contributed by atoms with E-state index in [2.05, 4.69) is 14.6 Å². The van der Waals surface area contributed by atoms with Crippen LogP contribution in [-0.4, -0.2) is 75.6 Å². The molecule has 2 amide bonds. The van der Waals surface area contributed by atoms with Crippen molar-refractivity contribution in [1.82, 2.24) is 14.3 Å². The Hall–Kier alpha value is -3.18. The number of amides is 2. The molecule has 186 valence electrons. The Morgan fingerprint density at radius 1 is 1.08 bits per heavy atom. The molecule has 0 saturated carbocycles. The molecule has 8 heteroatoms. The summed E-state index contributed by atoms with van der Waals surface area (Å²) in [5.41, 5.74) is 4.58. The second-order valence-corrected chi connectivity index (χ2v) is 8.98. The summed E-state index contributed by atoms with van der Waals surface area (Å²) in [4.78, 5) is 24.0. The van der Waals surface area contributed by atoms with Crippen LogP contribution in [0.4, 0.5) is 16.2 Å².